The molecule has 7 nitrogen and oxygen atoms in total. The van der Waals surface area contributed by atoms with Crippen molar-refractivity contribution < 1.29 is 19.4 Å². The van der Waals surface area contributed by atoms with Gasteiger partial charge in [-0.3, -0.25) is 4.90 Å². The SMILES string of the molecule is CC(c1cnc(Cl)c(CCCNC(=O)O)c1)N(C(=O)OC(C)(C)C)C1CC1. The second kappa shape index (κ2) is 8.78. The van der Waals surface area contributed by atoms with Crippen LogP contribution < -0.4 is 5.32 Å². The summed E-state index contributed by atoms with van der Waals surface area (Å²) in [6.45, 7) is 7.87. The number of pyridine rings is 1. The highest BCUT2D eigenvalue weighted by molar-refractivity contribution is 6.30. The Morgan fingerprint density at radius 3 is 2.67 bits per heavy atom. The predicted molar refractivity (Wildman–Crippen MR) is 103 cm³/mol. The number of nitrogens with one attached hydrogen (secondary N) is 1. The van der Waals surface area contributed by atoms with Crippen molar-refractivity contribution in [2.45, 2.75) is 71.1 Å². The minimum absolute atomic E-state index is 0.187. The van der Waals surface area contributed by atoms with Crippen LogP contribution in [-0.4, -0.2) is 45.4 Å². The van der Waals surface area contributed by atoms with Gasteiger partial charge in [-0.15, -0.1) is 0 Å². The molecule has 2 amide bonds. The molecule has 1 heterocycles. The quantitative estimate of drug-likeness (QED) is 0.525. The van der Waals surface area contributed by atoms with Gasteiger partial charge in [0, 0.05) is 18.8 Å². The third-order valence-corrected chi connectivity index (χ3v) is 4.62. The first-order valence-electron chi connectivity index (χ1n) is 9.21. The molecule has 1 unspecified atom stereocenters. The number of rotatable bonds is 7. The average molecular weight is 398 g/mol. The molecule has 0 radical (unpaired) electrons. The normalized spacial score (nSPS) is 15.1. The fourth-order valence-electron chi connectivity index (χ4n) is 2.84. The summed E-state index contributed by atoms with van der Waals surface area (Å²) in [6, 6.07) is 1.95. The lowest BCUT2D eigenvalue weighted by Crippen LogP contribution is -2.39. The number of aromatic nitrogens is 1. The Bertz CT molecular complexity index is 686. The number of hydrogen-bond acceptors (Lipinski definition) is 4. The number of carbonyl (C=O) groups is 2. The second-order valence-corrected chi connectivity index (χ2v) is 8.21. The largest absolute Gasteiger partial charge is 0.465 e. The van der Waals surface area contributed by atoms with Crippen molar-refractivity contribution >= 4 is 23.8 Å². The zero-order valence-electron chi connectivity index (χ0n) is 16.3. The molecule has 1 aromatic heterocycles. The van der Waals surface area contributed by atoms with Crippen LogP contribution >= 0.6 is 11.6 Å². The monoisotopic (exact) mass is 397 g/mol. The fourth-order valence-corrected chi connectivity index (χ4v) is 3.04. The highest BCUT2D eigenvalue weighted by Crippen LogP contribution is 2.36. The van der Waals surface area contributed by atoms with Crippen LogP contribution in [0.1, 0.15) is 64.1 Å². The minimum Gasteiger partial charge on any atom is -0.465 e. The summed E-state index contributed by atoms with van der Waals surface area (Å²) < 4.78 is 5.58. The number of amides is 2. The summed E-state index contributed by atoms with van der Waals surface area (Å²) in [7, 11) is 0. The van der Waals surface area contributed by atoms with E-state index in [9.17, 15) is 9.59 Å². The maximum atomic E-state index is 12.7. The Balaban J connectivity index is 2.11. The van der Waals surface area contributed by atoms with E-state index >= 15 is 0 Å². The van der Waals surface area contributed by atoms with E-state index in [1.54, 1.807) is 11.1 Å². The Morgan fingerprint density at radius 1 is 1.44 bits per heavy atom. The van der Waals surface area contributed by atoms with Gasteiger partial charge >= 0.3 is 12.2 Å². The molecule has 1 saturated carbocycles. The number of aryl methyl sites for hydroxylation is 1. The maximum Gasteiger partial charge on any atom is 0.411 e. The Labute approximate surface area is 165 Å². The number of ether oxygens (including phenoxy) is 1. The van der Waals surface area contributed by atoms with Gasteiger partial charge in [0.1, 0.15) is 10.8 Å². The van der Waals surface area contributed by atoms with Gasteiger partial charge in [0.2, 0.25) is 0 Å². The fraction of sp³-hybridized carbons (Fsp3) is 0.632. The molecule has 8 heteroatoms. The van der Waals surface area contributed by atoms with Crippen LogP contribution in [0.5, 0.6) is 0 Å². The molecule has 0 saturated heterocycles. The molecule has 1 aromatic rings. The third-order valence-electron chi connectivity index (χ3n) is 4.28. The molecule has 2 rings (SSSR count). The van der Waals surface area contributed by atoms with E-state index < -0.39 is 11.7 Å². The molecule has 0 spiro atoms. The zero-order valence-corrected chi connectivity index (χ0v) is 17.0. The molecule has 2 N–H and O–H groups in total. The summed E-state index contributed by atoms with van der Waals surface area (Å²) in [5, 5.41) is 11.4. The van der Waals surface area contributed by atoms with Crippen LogP contribution in [-0.2, 0) is 11.2 Å². The van der Waals surface area contributed by atoms with E-state index in [1.807, 2.05) is 33.8 Å². The van der Waals surface area contributed by atoms with Crippen LogP contribution in [0.15, 0.2) is 12.3 Å². The first-order valence-corrected chi connectivity index (χ1v) is 9.58. The van der Waals surface area contributed by atoms with Crippen molar-refractivity contribution in [1.82, 2.24) is 15.2 Å². The van der Waals surface area contributed by atoms with Crippen molar-refractivity contribution in [3.8, 4) is 0 Å². The first kappa shape index (κ1) is 21.3. The number of carboxylic acid groups (broad SMARTS) is 1. The van der Waals surface area contributed by atoms with Gasteiger partial charge in [-0.2, -0.15) is 0 Å². The molecule has 27 heavy (non-hydrogen) atoms. The predicted octanol–water partition coefficient (Wildman–Crippen LogP) is 4.40. The van der Waals surface area contributed by atoms with E-state index in [-0.39, 0.29) is 18.2 Å². The van der Waals surface area contributed by atoms with Gasteiger partial charge in [-0.25, -0.2) is 14.6 Å². The highest BCUT2D eigenvalue weighted by Gasteiger charge is 2.38. The van der Waals surface area contributed by atoms with E-state index in [1.165, 1.54) is 0 Å². The summed E-state index contributed by atoms with van der Waals surface area (Å²) in [4.78, 5) is 29.2. The van der Waals surface area contributed by atoms with Crippen molar-refractivity contribution in [2.24, 2.45) is 0 Å². The maximum absolute atomic E-state index is 12.7. The second-order valence-electron chi connectivity index (χ2n) is 7.85. The zero-order chi connectivity index (χ0) is 20.2. The molecule has 150 valence electrons. The lowest BCUT2D eigenvalue weighted by atomic mass is 10.0. The smallest absolute Gasteiger partial charge is 0.411 e. The lowest BCUT2D eigenvalue weighted by molar-refractivity contribution is 0.0153. The van der Waals surface area contributed by atoms with Gasteiger partial charge < -0.3 is 15.2 Å². The number of carbonyl (C=O) groups excluding carboxylic acids is 1. The van der Waals surface area contributed by atoms with Gasteiger partial charge in [-0.05, 0) is 70.6 Å². The Hall–Kier alpha value is -2.02. The molecule has 1 fully saturated rings. The lowest BCUT2D eigenvalue weighted by Gasteiger charge is -2.32. The summed E-state index contributed by atoms with van der Waals surface area (Å²) in [5.74, 6) is 0. The van der Waals surface area contributed by atoms with Crippen molar-refractivity contribution in [3.05, 3.63) is 28.5 Å². The van der Waals surface area contributed by atoms with E-state index in [0.29, 0.717) is 24.5 Å². The van der Waals surface area contributed by atoms with Gasteiger partial charge in [-0.1, -0.05) is 11.6 Å². The third kappa shape index (κ3) is 6.57. The number of halogens is 1. The van der Waals surface area contributed by atoms with E-state index in [4.69, 9.17) is 21.4 Å². The van der Waals surface area contributed by atoms with Crippen LogP contribution in [0.4, 0.5) is 9.59 Å². The van der Waals surface area contributed by atoms with E-state index in [2.05, 4.69) is 10.3 Å². The van der Waals surface area contributed by atoms with Crippen LogP contribution in [0, 0.1) is 0 Å². The summed E-state index contributed by atoms with van der Waals surface area (Å²) in [5.41, 5.74) is 1.18. The Kier molecular flexibility index (Phi) is 6.92. The van der Waals surface area contributed by atoms with Crippen molar-refractivity contribution in [1.29, 1.82) is 0 Å². The van der Waals surface area contributed by atoms with Crippen molar-refractivity contribution in [3.63, 3.8) is 0 Å². The van der Waals surface area contributed by atoms with Crippen molar-refractivity contribution in [2.75, 3.05) is 6.54 Å². The van der Waals surface area contributed by atoms with Crippen LogP contribution in [0.25, 0.3) is 0 Å². The summed E-state index contributed by atoms with van der Waals surface area (Å²) in [6.07, 6.45) is 3.48. The van der Waals surface area contributed by atoms with Gasteiger partial charge in [0.25, 0.3) is 0 Å². The Morgan fingerprint density at radius 2 is 2.11 bits per heavy atom. The molecule has 0 bridgehead atoms. The number of hydrogen-bond donors (Lipinski definition) is 2. The molecule has 0 aromatic carbocycles. The topological polar surface area (TPSA) is 91.8 Å². The van der Waals surface area contributed by atoms with Gasteiger partial charge in [0.05, 0.1) is 6.04 Å². The highest BCUT2D eigenvalue weighted by atomic mass is 35.5. The molecule has 1 aliphatic rings. The molecular formula is C19H28ClN3O4. The molecule has 0 aliphatic heterocycles. The van der Waals surface area contributed by atoms with Crippen LogP contribution in [0.3, 0.4) is 0 Å². The molecule has 1 atom stereocenters. The summed E-state index contributed by atoms with van der Waals surface area (Å²) >= 11 is 6.19. The number of nitrogens with zero attached hydrogens (tertiary/aromatic N) is 2. The molecule has 1 aliphatic carbocycles. The first-order chi connectivity index (χ1) is 12.6. The minimum atomic E-state index is -1.04. The van der Waals surface area contributed by atoms with E-state index in [0.717, 1.165) is 24.0 Å². The average Bonchev–Trinajstić information content (AvgIpc) is 3.36. The van der Waals surface area contributed by atoms with Gasteiger partial charge in [0.15, 0.2) is 0 Å². The standard InChI is InChI=1S/C19H28ClN3O4/c1-12(23(15-7-8-15)18(26)27-19(2,3)4)14-10-13(16(20)22-11-14)6-5-9-21-17(24)25/h10-12,15,21H,5-9H2,1-4H3,(H,24,25). The van der Waals surface area contributed by atoms with Crippen LogP contribution in [0.2, 0.25) is 5.15 Å². The molecular weight excluding hydrogens is 370 g/mol.